The monoisotopic (exact) mass is 318 g/mol. The van der Waals surface area contributed by atoms with Crippen molar-refractivity contribution in [3.05, 3.63) is 17.1 Å². The molecule has 1 fully saturated rings. The summed E-state index contributed by atoms with van der Waals surface area (Å²) in [5, 5.41) is 0. The normalized spacial score (nSPS) is 21.0. The Balaban J connectivity index is 1.80. The van der Waals surface area contributed by atoms with Gasteiger partial charge in [-0.1, -0.05) is 0 Å². The Kier molecular flexibility index (Phi) is 4.80. The lowest BCUT2D eigenvalue weighted by atomic mass is 10.0. The van der Waals surface area contributed by atoms with Crippen molar-refractivity contribution < 1.29 is 9.53 Å². The molecule has 3 rings (SSSR count). The summed E-state index contributed by atoms with van der Waals surface area (Å²) in [5.41, 5.74) is 2.18. The third-order valence-electron chi connectivity index (χ3n) is 4.71. The number of amides is 1. The van der Waals surface area contributed by atoms with Gasteiger partial charge in [0.25, 0.3) is 0 Å². The molecule has 0 N–H and O–H groups in total. The number of likely N-dealkylation sites (N-methyl/N-ethyl adjacent to an activating group) is 1. The van der Waals surface area contributed by atoms with Crippen molar-refractivity contribution in [2.45, 2.75) is 52.2 Å². The van der Waals surface area contributed by atoms with Gasteiger partial charge in [0, 0.05) is 39.2 Å². The minimum absolute atomic E-state index is 0.109. The van der Waals surface area contributed by atoms with E-state index < -0.39 is 0 Å². The SMILES string of the molecule is CC(=O)N1CCc2c(nc(C)nc2N(C)CC2CCCCO2)C1. The van der Waals surface area contributed by atoms with Gasteiger partial charge in [-0.15, -0.1) is 0 Å². The maximum atomic E-state index is 11.6. The van der Waals surface area contributed by atoms with Crippen LogP contribution >= 0.6 is 0 Å². The molecule has 0 spiro atoms. The molecule has 0 aliphatic carbocycles. The van der Waals surface area contributed by atoms with Crippen LogP contribution in [-0.4, -0.2) is 53.6 Å². The number of hydrogen-bond acceptors (Lipinski definition) is 5. The summed E-state index contributed by atoms with van der Waals surface area (Å²) in [5.74, 6) is 1.88. The fraction of sp³-hybridized carbons (Fsp3) is 0.706. The highest BCUT2D eigenvalue weighted by molar-refractivity contribution is 5.73. The van der Waals surface area contributed by atoms with Crippen LogP contribution in [0.4, 0.5) is 5.82 Å². The molecule has 1 amide bonds. The summed E-state index contributed by atoms with van der Waals surface area (Å²) in [6.07, 6.45) is 4.64. The maximum Gasteiger partial charge on any atom is 0.219 e. The van der Waals surface area contributed by atoms with E-state index in [4.69, 9.17) is 4.74 Å². The predicted octanol–water partition coefficient (Wildman–Crippen LogP) is 1.69. The third kappa shape index (κ3) is 3.63. The van der Waals surface area contributed by atoms with Crippen LogP contribution in [0.2, 0.25) is 0 Å². The number of aryl methyl sites for hydroxylation is 1. The van der Waals surface area contributed by atoms with Gasteiger partial charge in [0.2, 0.25) is 5.91 Å². The summed E-state index contributed by atoms with van der Waals surface area (Å²) in [6, 6.07) is 0. The summed E-state index contributed by atoms with van der Waals surface area (Å²) in [6.45, 7) is 6.60. The van der Waals surface area contributed by atoms with Crippen molar-refractivity contribution >= 4 is 11.7 Å². The lowest BCUT2D eigenvalue weighted by Crippen LogP contribution is -2.38. The van der Waals surface area contributed by atoms with E-state index >= 15 is 0 Å². The number of nitrogens with zero attached hydrogens (tertiary/aromatic N) is 4. The minimum atomic E-state index is 0.109. The molecule has 0 aromatic carbocycles. The van der Waals surface area contributed by atoms with Gasteiger partial charge in [-0.2, -0.15) is 0 Å². The number of anilines is 1. The Bertz CT molecular complexity index is 584. The Labute approximate surface area is 137 Å². The van der Waals surface area contributed by atoms with E-state index in [1.807, 2.05) is 11.8 Å². The molecule has 2 aliphatic rings. The van der Waals surface area contributed by atoms with E-state index in [1.54, 1.807) is 6.92 Å². The first-order chi connectivity index (χ1) is 11.0. The largest absolute Gasteiger partial charge is 0.376 e. The van der Waals surface area contributed by atoms with Gasteiger partial charge in [0.05, 0.1) is 18.3 Å². The van der Waals surface area contributed by atoms with Gasteiger partial charge < -0.3 is 14.5 Å². The Morgan fingerprint density at radius 2 is 2.22 bits per heavy atom. The van der Waals surface area contributed by atoms with Crippen LogP contribution in [0, 0.1) is 6.92 Å². The van der Waals surface area contributed by atoms with Crippen LogP contribution in [0.15, 0.2) is 0 Å². The van der Waals surface area contributed by atoms with E-state index in [0.717, 1.165) is 49.9 Å². The first-order valence-electron chi connectivity index (χ1n) is 8.49. The summed E-state index contributed by atoms with van der Waals surface area (Å²) in [4.78, 5) is 24.9. The Morgan fingerprint density at radius 1 is 1.39 bits per heavy atom. The molecule has 0 radical (unpaired) electrons. The molecule has 1 aromatic rings. The van der Waals surface area contributed by atoms with Gasteiger partial charge in [-0.05, 0) is 32.6 Å². The zero-order valence-electron chi connectivity index (χ0n) is 14.3. The third-order valence-corrected chi connectivity index (χ3v) is 4.71. The summed E-state index contributed by atoms with van der Waals surface area (Å²) >= 11 is 0. The average Bonchev–Trinajstić information content (AvgIpc) is 2.54. The van der Waals surface area contributed by atoms with E-state index in [1.165, 1.54) is 18.4 Å². The van der Waals surface area contributed by atoms with Crippen molar-refractivity contribution in [1.29, 1.82) is 0 Å². The van der Waals surface area contributed by atoms with Gasteiger partial charge in [-0.3, -0.25) is 4.79 Å². The topological polar surface area (TPSA) is 58.6 Å². The van der Waals surface area contributed by atoms with E-state index in [9.17, 15) is 4.79 Å². The molecular formula is C17H26N4O2. The van der Waals surface area contributed by atoms with Crippen molar-refractivity contribution in [3.63, 3.8) is 0 Å². The fourth-order valence-corrected chi connectivity index (χ4v) is 3.46. The number of carbonyl (C=O) groups excluding carboxylic acids is 1. The van der Waals surface area contributed by atoms with Crippen LogP contribution in [0.5, 0.6) is 0 Å². The molecule has 1 unspecified atom stereocenters. The molecule has 2 aliphatic heterocycles. The van der Waals surface area contributed by atoms with Gasteiger partial charge >= 0.3 is 0 Å². The lowest BCUT2D eigenvalue weighted by Gasteiger charge is -2.32. The number of carbonyl (C=O) groups is 1. The van der Waals surface area contributed by atoms with E-state index in [0.29, 0.717) is 6.54 Å². The van der Waals surface area contributed by atoms with Crippen molar-refractivity contribution in [3.8, 4) is 0 Å². The Morgan fingerprint density at radius 3 is 2.91 bits per heavy atom. The molecule has 6 nitrogen and oxygen atoms in total. The summed E-state index contributed by atoms with van der Waals surface area (Å²) in [7, 11) is 2.08. The minimum Gasteiger partial charge on any atom is -0.376 e. The first kappa shape index (κ1) is 16.2. The number of rotatable bonds is 3. The van der Waals surface area contributed by atoms with Crippen LogP contribution in [0.25, 0.3) is 0 Å². The second-order valence-electron chi connectivity index (χ2n) is 6.58. The second kappa shape index (κ2) is 6.83. The number of ether oxygens (including phenoxy) is 1. The van der Waals surface area contributed by atoms with Crippen molar-refractivity contribution in [2.75, 3.05) is 31.6 Å². The molecule has 0 saturated carbocycles. The van der Waals surface area contributed by atoms with E-state index in [-0.39, 0.29) is 12.0 Å². The zero-order chi connectivity index (χ0) is 16.4. The molecule has 0 bridgehead atoms. The maximum absolute atomic E-state index is 11.6. The quantitative estimate of drug-likeness (QED) is 0.849. The highest BCUT2D eigenvalue weighted by atomic mass is 16.5. The molecule has 1 aromatic heterocycles. The number of hydrogen-bond donors (Lipinski definition) is 0. The Hall–Kier alpha value is -1.69. The van der Waals surface area contributed by atoms with Crippen molar-refractivity contribution in [2.24, 2.45) is 0 Å². The highest BCUT2D eigenvalue weighted by Crippen LogP contribution is 2.27. The van der Waals surface area contributed by atoms with Gasteiger partial charge in [-0.25, -0.2) is 9.97 Å². The standard InChI is InChI=1S/C17H26N4O2/c1-12-18-16-11-21(13(2)22)8-7-15(16)17(19-12)20(3)10-14-6-4-5-9-23-14/h14H,4-11H2,1-3H3. The summed E-state index contributed by atoms with van der Waals surface area (Å²) < 4.78 is 5.85. The van der Waals surface area contributed by atoms with E-state index in [2.05, 4.69) is 21.9 Å². The van der Waals surface area contributed by atoms with Crippen LogP contribution < -0.4 is 4.90 Å². The second-order valence-corrected chi connectivity index (χ2v) is 6.58. The first-order valence-corrected chi connectivity index (χ1v) is 8.49. The fourth-order valence-electron chi connectivity index (χ4n) is 3.46. The molecule has 126 valence electrons. The molecule has 1 saturated heterocycles. The smallest absolute Gasteiger partial charge is 0.219 e. The average molecular weight is 318 g/mol. The highest BCUT2D eigenvalue weighted by Gasteiger charge is 2.25. The number of fused-ring (bicyclic) bond motifs is 1. The van der Waals surface area contributed by atoms with Gasteiger partial charge in [0.1, 0.15) is 11.6 Å². The van der Waals surface area contributed by atoms with Gasteiger partial charge in [0.15, 0.2) is 0 Å². The zero-order valence-corrected chi connectivity index (χ0v) is 14.3. The number of aromatic nitrogens is 2. The molecule has 23 heavy (non-hydrogen) atoms. The van der Waals surface area contributed by atoms with Crippen LogP contribution in [-0.2, 0) is 22.5 Å². The molecule has 3 heterocycles. The predicted molar refractivity (Wildman–Crippen MR) is 88.4 cm³/mol. The molecule has 1 atom stereocenters. The van der Waals surface area contributed by atoms with Crippen LogP contribution in [0.3, 0.4) is 0 Å². The lowest BCUT2D eigenvalue weighted by molar-refractivity contribution is -0.129. The van der Waals surface area contributed by atoms with Crippen LogP contribution in [0.1, 0.15) is 43.3 Å². The van der Waals surface area contributed by atoms with Crippen molar-refractivity contribution in [1.82, 2.24) is 14.9 Å². The molecule has 6 heteroatoms. The molecular weight excluding hydrogens is 292 g/mol.